The Bertz CT molecular complexity index is 473. The molecule has 0 aromatic heterocycles. The molecule has 0 saturated heterocycles. The summed E-state index contributed by atoms with van der Waals surface area (Å²) >= 11 is 7.95. The normalized spacial score (nSPS) is 10.5. The predicted octanol–water partition coefficient (Wildman–Crippen LogP) is 4.22. The minimum absolute atomic E-state index is 0.828. The quantitative estimate of drug-likeness (QED) is 0.627. The fraction of sp³-hybridized carbons (Fsp3) is 0.200. The lowest BCUT2D eigenvalue weighted by Gasteiger charge is -2.06. The second-order valence-corrected chi connectivity index (χ2v) is 5.51. The van der Waals surface area contributed by atoms with Gasteiger partial charge in [0.25, 0.3) is 0 Å². The smallest absolute Gasteiger partial charge is 0.0450 e. The lowest BCUT2D eigenvalue weighted by atomic mass is 10.2. The molecule has 1 nitrogen and oxygen atoms in total. The summed E-state index contributed by atoms with van der Waals surface area (Å²) in [4.78, 5) is 1.32. The van der Waals surface area contributed by atoms with Crippen molar-refractivity contribution in [3.63, 3.8) is 0 Å². The van der Waals surface area contributed by atoms with Gasteiger partial charge in [0, 0.05) is 28.8 Å². The van der Waals surface area contributed by atoms with Crippen LogP contribution in [0.25, 0.3) is 0 Å². The largest absolute Gasteiger partial charge is 0.312 e. The van der Waals surface area contributed by atoms with E-state index in [-0.39, 0.29) is 0 Å². The van der Waals surface area contributed by atoms with E-state index in [0.29, 0.717) is 0 Å². The zero-order chi connectivity index (χ0) is 12.6. The van der Waals surface area contributed by atoms with Crippen LogP contribution in [0.2, 0.25) is 5.02 Å². The van der Waals surface area contributed by atoms with E-state index in [2.05, 4.69) is 35.6 Å². The molecule has 0 bridgehead atoms. The van der Waals surface area contributed by atoms with Gasteiger partial charge in [-0.3, -0.25) is 0 Å². The molecule has 0 saturated carbocycles. The molecule has 0 radical (unpaired) electrons. The van der Waals surface area contributed by atoms with Crippen LogP contribution in [0.5, 0.6) is 0 Å². The molecule has 0 fully saturated rings. The molecule has 2 aromatic rings. The Labute approximate surface area is 118 Å². The number of hydrogen-bond acceptors (Lipinski definition) is 2. The maximum atomic E-state index is 6.09. The molecule has 0 atom stereocenters. The average molecular weight is 278 g/mol. The summed E-state index contributed by atoms with van der Waals surface area (Å²) in [7, 11) is 0. The van der Waals surface area contributed by atoms with Crippen molar-refractivity contribution in [2.75, 3.05) is 12.3 Å². The van der Waals surface area contributed by atoms with Crippen molar-refractivity contribution in [2.45, 2.75) is 11.4 Å². The van der Waals surface area contributed by atoms with Crippen LogP contribution in [0.1, 0.15) is 5.56 Å². The summed E-state index contributed by atoms with van der Waals surface area (Å²) in [5.74, 6) is 1.06. The van der Waals surface area contributed by atoms with Crippen LogP contribution in [0, 0.1) is 0 Å². The van der Waals surface area contributed by atoms with E-state index in [0.717, 1.165) is 29.4 Å². The summed E-state index contributed by atoms with van der Waals surface area (Å²) in [6, 6.07) is 18.4. The van der Waals surface area contributed by atoms with Crippen molar-refractivity contribution in [2.24, 2.45) is 0 Å². The number of rotatable bonds is 6. The maximum absolute atomic E-state index is 6.09. The van der Waals surface area contributed by atoms with Crippen molar-refractivity contribution in [3.05, 3.63) is 65.2 Å². The molecule has 0 spiro atoms. The summed E-state index contributed by atoms with van der Waals surface area (Å²) in [6.45, 7) is 1.81. The van der Waals surface area contributed by atoms with Crippen LogP contribution < -0.4 is 5.32 Å². The summed E-state index contributed by atoms with van der Waals surface area (Å²) in [5.41, 5.74) is 1.16. The molecule has 2 rings (SSSR count). The minimum atomic E-state index is 0.828. The van der Waals surface area contributed by atoms with Gasteiger partial charge in [-0.05, 0) is 23.8 Å². The molecule has 0 heterocycles. The van der Waals surface area contributed by atoms with E-state index >= 15 is 0 Å². The highest BCUT2D eigenvalue weighted by Crippen LogP contribution is 2.16. The van der Waals surface area contributed by atoms with E-state index < -0.39 is 0 Å². The Kier molecular flexibility index (Phi) is 5.59. The SMILES string of the molecule is Clc1ccccc1CNCCSc1ccccc1. The maximum Gasteiger partial charge on any atom is 0.0450 e. The van der Waals surface area contributed by atoms with Crippen LogP contribution in [0.3, 0.4) is 0 Å². The van der Waals surface area contributed by atoms with Crippen LogP contribution in [-0.2, 0) is 6.54 Å². The fourth-order valence-corrected chi connectivity index (χ4v) is 2.66. The van der Waals surface area contributed by atoms with Gasteiger partial charge in [0.1, 0.15) is 0 Å². The van der Waals surface area contributed by atoms with Gasteiger partial charge in [-0.1, -0.05) is 48.0 Å². The lowest BCUT2D eigenvalue weighted by molar-refractivity contribution is 0.732. The van der Waals surface area contributed by atoms with Gasteiger partial charge in [0.2, 0.25) is 0 Å². The molecule has 3 heteroatoms. The van der Waals surface area contributed by atoms with Crippen LogP contribution in [-0.4, -0.2) is 12.3 Å². The highest BCUT2D eigenvalue weighted by molar-refractivity contribution is 7.99. The van der Waals surface area contributed by atoms with E-state index in [9.17, 15) is 0 Å². The Morgan fingerprint density at radius 1 is 0.944 bits per heavy atom. The predicted molar refractivity (Wildman–Crippen MR) is 80.3 cm³/mol. The lowest BCUT2D eigenvalue weighted by Crippen LogP contribution is -2.16. The van der Waals surface area contributed by atoms with Gasteiger partial charge < -0.3 is 5.32 Å². The molecule has 0 amide bonds. The first-order chi connectivity index (χ1) is 8.86. The van der Waals surface area contributed by atoms with Gasteiger partial charge in [0.05, 0.1) is 0 Å². The van der Waals surface area contributed by atoms with Crippen molar-refractivity contribution < 1.29 is 0 Å². The molecule has 94 valence electrons. The Morgan fingerprint density at radius 2 is 1.67 bits per heavy atom. The van der Waals surface area contributed by atoms with E-state index in [1.165, 1.54) is 4.90 Å². The number of hydrogen-bond donors (Lipinski definition) is 1. The van der Waals surface area contributed by atoms with Gasteiger partial charge >= 0.3 is 0 Å². The van der Waals surface area contributed by atoms with Crippen LogP contribution in [0.15, 0.2) is 59.5 Å². The Balaban J connectivity index is 1.66. The molecule has 0 unspecified atom stereocenters. The highest BCUT2D eigenvalue weighted by Gasteiger charge is 1.98. The molecular weight excluding hydrogens is 262 g/mol. The molecule has 18 heavy (non-hydrogen) atoms. The van der Waals surface area contributed by atoms with E-state index in [1.54, 1.807) is 0 Å². The zero-order valence-electron chi connectivity index (χ0n) is 10.1. The number of benzene rings is 2. The first-order valence-electron chi connectivity index (χ1n) is 5.98. The van der Waals surface area contributed by atoms with Gasteiger partial charge in [-0.15, -0.1) is 11.8 Å². The first-order valence-corrected chi connectivity index (χ1v) is 7.34. The summed E-state index contributed by atoms with van der Waals surface area (Å²) < 4.78 is 0. The van der Waals surface area contributed by atoms with E-state index in [4.69, 9.17) is 11.6 Å². The number of thioether (sulfide) groups is 1. The van der Waals surface area contributed by atoms with Crippen LogP contribution in [0.4, 0.5) is 0 Å². The topological polar surface area (TPSA) is 12.0 Å². The standard InChI is InChI=1S/C15H16ClNS/c16-15-9-5-4-6-13(15)12-17-10-11-18-14-7-2-1-3-8-14/h1-9,17H,10-12H2. The van der Waals surface area contributed by atoms with E-state index in [1.807, 2.05) is 36.0 Å². The second-order valence-electron chi connectivity index (χ2n) is 3.93. The van der Waals surface area contributed by atoms with Crippen molar-refractivity contribution in [1.29, 1.82) is 0 Å². The number of halogens is 1. The first kappa shape index (κ1) is 13.5. The Morgan fingerprint density at radius 3 is 2.44 bits per heavy atom. The van der Waals surface area contributed by atoms with Gasteiger partial charge in [-0.25, -0.2) is 0 Å². The average Bonchev–Trinajstić information content (AvgIpc) is 2.42. The second kappa shape index (κ2) is 7.47. The monoisotopic (exact) mass is 277 g/mol. The van der Waals surface area contributed by atoms with Gasteiger partial charge in [-0.2, -0.15) is 0 Å². The van der Waals surface area contributed by atoms with Gasteiger partial charge in [0.15, 0.2) is 0 Å². The molecule has 1 N–H and O–H groups in total. The fourth-order valence-electron chi connectivity index (χ4n) is 1.62. The molecule has 0 aliphatic carbocycles. The zero-order valence-corrected chi connectivity index (χ0v) is 11.7. The third-order valence-corrected chi connectivity index (χ3v) is 3.95. The summed E-state index contributed by atoms with van der Waals surface area (Å²) in [5, 5.41) is 4.24. The van der Waals surface area contributed by atoms with Crippen LogP contribution >= 0.6 is 23.4 Å². The molecule has 2 aromatic carbocycles. The molecule has 0 aliphatic heterocycles. The van der Waals surface area contributed by atoms with Crippen molar-refractivity contribution >= 4 is 23.4 Å². The highest BCUT2D eigenvalue weighted by atomic mass is 35.5. The molecular formula is C15H16ClNS. The van der Waals surface area contributed by atoms with Crippen molar-refractivity contribution in [3.8, 4) is 0 Å². The minimum Gasteiger partial charge on any atom is -0.312 e. The number of nitrogens with one attached hydrogen (secondary N) is 1. The Hall–Kier alpha value is -0.960. The summed E-state index contributed by atoms with van der Waals surface area (Å²) in [6.07, 6.45) is 0. The van der Waals surface area contributed by atoms with Crippen molar-refractivity contribution in [1.82, 2.24) is 5.32 Å². The third-order valence-electron chi connectivity index (χ3n) is 2.56. The third kappa shape index (κ3) is 4.37. The molecule has 0 aliphatic rings.